The van der Waals surface area contributed by atoms with Gasteiger partial charge >= 0.3 is 0 Å². The van der Waals surface area contributed by atoms with Gasteiger partial charge in [-0.1, -0.05) is 19.1 Å². The quantitative estimate of drug-likeness (QED) is 0.636. The number of rotatable bonds is 3. The molecule has 1 aromatic carbocycles. The molecule has 1 rings (SSSR count). The minimum Gasteiger partial charge on any atom is -0.294 e. The van der Waals surface area contributed by atoms with Crippen LogP contribution in [-0.4, -0.2) is 5.78 Å². The lowest BCUT2D eigenvalue weighted by Crippen LogP contribution is -1.98. The van der Waals surface area contributed by atoms with Gasteiger partial charge in [0.25, 0.3) is 0 Å². The zero-order valence-electron chi connectivity index (χ0n) is 7.88. The van der Waals surface area contributed by atoms with Gasteiger partial charge in [0, 0.05) is 15.6 Å². The Hall–Kier alpha value is -0.890. The number of benzene rings is 1. The molecule has 2 nitrogen and oxygen atoms in total. The molecule has 0 N–H and O–H groups in total. The monoisotopic (exact) mass is 299 g/mol. The van der Waals surface area contributed by atoms with E-state index in [0.29, 0.717) is 12.8 Å². The second-order valence-electron chi connectivity index (χ2n) is 2.92. The zero-order valence-corrected chi connectivity index (χ0v) is 10.0. The smallest absolute Gasteiger partial charge is 0.162 e. The molecule has 14 heavy (non-hydrogen) atoms. The molecule has 0 aliphatic carbocycles. The summed E-state index contributed by atoms with van der Waals surface area (Å²) in [4.78, 5) is 11.4. The molecule has 0 atom stereocenters. The molecular formula is C11H10INO. The fraction of sp³-hybridized carbons (Fsp3) is 0.273. The molecule has 0 fully saturated rings. The van der Waals surface area contributed by atoms with E-state index in [0.717, 1.165) is 14.7 Å². The Labute approximate surface area is 97.1 Å². The highest BCUT2D eigenvalue weighted by Crippen LogP contribution is 2.16. The van der Waals surface area contributed by atoms with Gasteiger partial charge in [-0.3, -0.25) is 4.79 Å². The lowest BCUT2D eigenvalue weighted by molar-refractivity contribution is 0.0988. The molecule has 0 radical (unpaired) electrons. The molecule has 0 aliphatic rings. The van der Waals surface area contributed by atoms with Crippen molar-refractivity contribution in [3.8, 4) is 6.07 Å². The van der Waals surface area contributed by atoms with Crippen LogP contribution in [0.25, 0.3) is 0 Å². The summed E-state index contributed by atoms with van der Waals surface area (Å²) in [5.41, 5.74) is 1.72. The number of ketones is 1. The van der Waals surface area contributed by atoms with E-state index in [1.54, 1.807) is 6.07 Å². The first-order chi connectivity index (χ1) is 6.69. The van der Waals surface area contributed by atoms with Crippen LogP contribution in [0.15, 0.2) is 18.2 Å². The molecule has 0 amide bonds. The highest BCUT2D eigenvalue weighted by atomic mass is 127. The third-order valence-corrected chi connectivity index (χ3v) is 2.97. The van der Waals surface area contributed by atoms with Crippen molar-refractivity contribution in [2.24, 2.45) is 0 Å². The molecule has 0 spiro atoms. The summed E-state index contributed by atoms with van der Waals surface area (Å²) >= 11 is 2.16. The minimum atomic E-state index is 0.145. The van der Waals surface area contributed by atoms with Crippen molar-refractivity contribution >= 4 is 28.4 Å². The van der Waals surface area contributed by atoms with E-state index in [1.807, 2.05) is 19.1 Å². The Bertz CT molecular complexity index is 393. The third-order valence-electron chi connectivity index (χ3n) is 1.97. The fourth-order valence-electron chi connectivity index (χ4n) is 1.15. The minimum absolute atomic E-state index is 0.145. The number of hydrogen-bond acceptors (Lipinski definition) is 2. The van der Waals surface area contributed by atoms with Crippen molar-refractivity contribution < 1.29 is 4.79 Å². The van der Waals surface area contributed by atoms with Crippen LogP contribution in [0, 0.1) is 14.9 Å². The van der Waals surface area contributed by atoms with Crippen molar-refractivity contribution in [3.05, 3.63) is 32.9 Å². The second-order valence-corrected chi connectivity index (χ2v) is 4.08. The Morgan fingerprint density at radius 2 is 2.29 bits per heavy atom. The average molecular weight is 299 g/mol. The Morgan fingerprint density at radius 3 is 2.79 bits per heavy atom. The maximum atomic E-state index is 11.4. The summed E-state index contributed by atoms with van der Waals surface area (Å²) in [6.07, 6.45) is 0.923. The number of hydrogen-bond donors (Lipinski definition) is 0. The van der Waals surface area contributed by atoms with Gasteiger partial charge in [-0.15, -0.1) is 0 Å². The Balaban J connectivity index is 3.01. The first-order valence-electron chi connectivity index (χ1n) is 4.37. The Kier molecular flexibility index (Phi) is 4.08. The van der Waals surface area contributed by atoms with E-state index in [-0.39, 0.29) is 5.78 Å². The van der Waals surface area contributed by atoms with Crippen molar-refractivity contribution in [1.82, 2.24) is 0 Å². The van der Waals surface area contributed by atoms with Crippen molar-refractivity contribution in [2.75, 3.05) is 0 Å². The third kappa shape index (κ3) is 2.55. The van der Waals surface area contributed by atoms with E-state index in [9.17, 15) is 4.79 Å². The highest BCUT2D eigenvalue weighted by molar-refractivity contribution is 14.1. The molecule has 0 aromatic heterocycles. The predicted octanol–water partition coefficient (Wildman–Crippen LogP) is 2.95. The van der Waals surface area contributed by atoms with Crippen molar-refractivity contribution in [1.29, 1.82) is 5.26 Å². The van der Waals surface area contributed by atoms with E-state index < -0.39 is 0 Å². The van der Waals surface area contributed by atoms with Gasteiger partial charge in [-0.25, -0.2) is 0 Å². The maximum absolute atomic E-state index is 11.4. The molecule has 0 bridgehead atoms. The average Bonchev–Trinajstić information content (AvgIpc) is 2.20. The first kappa shape index (κ1) is 11.2. The zero-order chi connectivity index (χ0) is 10.6. The number of carbonyl (C=O) groups is 1. The molecule has 3 heteroatoms. The number of carbonyl (C=O) groups excluding carboxylic acids is 1. The summed E-state index contributed by atoms with van der Waals surface area (Å²) in [5, 5.41) is 8.55. The van der Waals surface area contributed by atoms with Crippen LogP contribution in [0.2, 0.25) is 0 Å². The molecule has 0 saturated carbocycles. The molecule has 0 heterocycles. The second kappa shape index (κ2) is 5.11. The lowest BCUT2D eigenvalue weighted by Gasteiger charge is -2.02. The van der Waals surface area contributed by atoms with Gasteiger partial charge in [0.15, 0.2) is 5.78 Å². The molecule has 1 aromatic rings. The molecule has 0 unspecified atom stereocenters. The van der Waals surface area contributed by atoms with Crippen LogP contribution in [-0.2, 0) is 6.42 Å². The predicted molar refractivity (Wildman–Crippen MR) is 63.1 cm³/mol. The van der Waals surface area contributed by atoms with Gasteiger partial charge in [-0.2, -0.15) is 5.26 Å². The highest BCUT2D eigenvalue weighted by Gasteiger charge is 2.05. The van der Waals surface area contributed by atoms with E-state index in [1.165, 1.54) is 0 Å². The summed E-state index contributed by atoms with van der Waals surface area (Å²) in [6, 6.07) is 7.59. The van der Waals surface area contributed by atoms with E-state index >= 15 is 0 Å². The van der Waals surface area contributed by atoms with E-state index in [4.69, 9.17) is 5.26 Å². The van der Waals surface area contributed by atoms with Crippen molar-refractivity contribution in [2.45, 2.75) is 19.8 Å². The van der Waals surface area contributed by atoms with Crippen LogP contribution in [0.5, 0.6) is 0 Å². The fourth-order valence-corrected chi connectivity index (χ4v) is 1.86. The van der Waals surface area contributed by atoms with Gasteiger partial charge in [-0.05, 0) is 34.2 Å². The number of nitrogens with zero attached hydrogens (tertiary/aromatic N) is 1. The lowest BCUT2D eigenvalue weighted by atomic mass is 10.1. The van der Waals surface area contributed by atoms with Crippen molar-refractivity contribution in [3.63, 3.8) is 0 Å². The molecule has 0 saturated heterocycles. The van der Waals surface area contributed by atoms with Crippen LogP contribution in [0.3, 0.4) is 0 Å². The van der Waals surface area contributed by atoms with Crippen LogP contribution in [0.4, 0.5) is 0 Å². The molecule has 0 aliphatic heterocycles. The van der Waals surface area contributed by atoms with Crippen LogP contribution in [0.1, 0.15) is 29.3 Å². The summed E-state index contributed by atoms with van der Waals surface area (Å²) in [6.45, 7) is 1.85. The maximum Gasteiger partial charge on any atom is 0.162 e. The number of Topliss-reactive ketones (excluding diaryl/α,β-unsaturated/α-hetero) is 1. The summed E-state index contributed by atoms with van der Waals surface area (Å²) in [5.74, 6) is 0.145. The van der Waals surface area contributed by atoms with Crippen LogP contribution < -0.4 is 0 Å². The SMILES string of the molecule is CCC(=O)c1ccc(CC#N)c(I)c1. The van der Waals surface area contributed by atoms with Gasteiger partial charge in [0.1, 0.15) is 0 Å². The topological polar surface area (TPSA) is 40.9 Å². The number of nitriles is 1. The Morgan fingerprint density at radius 1 is 1.57 bits per heavy atom. The standard InChI is InChI=1S/C11H10INO/c1-2-11(14)9-4-3-8(5-6-13)10(12)7-9/h3-4,7H,2,5H2,1H3. The normalized spacial score (nSPS) is 9.50. The van der Waals surface area contributed by atoms with Crippen LogP contribution >= 0.6 is 22.6 Å². The first-order valence-corrected chi connectivity index (χ1v) is 5.45. The summed E-state index contributed by atoms with van der Waals surface area (Å²) < 4.78 is 0.989. The molecular weight excluding hydrogens is 289 g/mol. The number of halogens is 1. The van der Waals surface area contributed by atoms with Gasteiger partial charge in [0.05, 0.1) is 12.5 Å². The van der Waals surface area contributed by atoms with E-state index in [2.05, 4.69) is 28.7 Å². The largest absolute Gasteiger partial charge is 0.294 e. The molecule has 72 valence electrons. The summed E-state index contributed by atoms with van der Waals surface area (Å²) in [7, 11) is 0. The van der Waals surface area contributed by atoms with Gasteiger partial charge < -0.3 is 0 Å². The van der Waals surface area contributed by atoms with Gasteiger partial charge in [0.2, 0.25) is 0 Å².